The van der Waals surface area contributed by atoms with Crippen molar-refractivity contribution in [2.75, 3.05) is 0 Å². The zero-order valence-electron chi connectivity index (χ0n) is 17.7. The van der Waals surface area contributed by atoms with E-state index in [1.807, 2.05) is 13.8 Å². The fourth-order valence-corrected chi connectivity index (χ4v) is 6.99. The van der Waals surface area contributed by atoms with Gasteiger partial charge in [-0.15, -0.1) is 0 Å². The second-order valence-electron chi connectivity index (χ2n) is 10.1. The average Bonchev–Trinajstić information content (AvgIpc) is 2.99. The van der Waals surface area contributed by atoms with Crippen LogP contribution in [0.5, 0.6) is 0 Å². The molecule has 2 fully saturated rings. The number of hydrogen-bond donors (Lipinski definition) is 2. The summed E-state index contributed by atoms with van der Waals surface area (Å²) < 4.78 is 5.90. The van der Waals surface area contributed by atoms with Crippen molar-refractivity contribution < 1.29 is 24.5 Å². The summed E-state index contributed by atoms with van der Waals surface area (Å²) in [4.78, 5) is 24.8. The van der Waals surface area contributed by atoms with Crippen molar-refractivity contribution in [2.24, 2.45) is 29.1 Å². The van der Waals surface area contributed by atoms with E-state index in [9.17, 15) is 19.8 Å². The highest BCUT2D eigenvalue weighted by atomic mass is 16.6. The molecular formula is C23H32O5. The van der Waals surface area contributed by atoms with E-state index in [4.69, 9.17) is 4.74 Å². The molecule has 28 heavy (non-hydrogen) atoms. The Balaban J connectivity index is 1.90. The Morgan fingerprint density at radius 1 is 1.29 bits per heavy atom. The molecule has 5 nitrogen and oxygen atoms in total. The van der Waals surface area contributed by atoms with Crippen LogP contribution in [0.4, 0.5) is 0 Å². The summed E-state index contributed by atoms with van der Waals surface area (Å²) in [6, 6.07) is 0. The lowest BCUT2D eigenvalue weighted by Gasteiger charge is -2.50. The SMILES string of the molecule is CCC1=C[C@H]2[C@@H]3C(C)(C)[C@]3(OC(C)=O)C[C@@H](C)[C@]2(O)[C@@H]2C=C(C)C(=O)[C@@]2(O)C1. The van der Waals surface area contributed by atoms with Gasteiger partial charge in [0, 0.05) is 36.5 Å². The van der Waals surface area contributed by atoms with Crippen LogP contribution < -0.4 is 0 Å². The van der Waals surface area contributed by atoms with Crippen LogP contribution in [0, 0.1) is 29.1 Å². The number of fused-ring (bicyclic) bond motifs is 5. The molecule has 0 radical (unpaired) electrons. The first-order chi connectivity index (χ1) is 12.9. The third-order valence-electron chi connectivity index (χ3n) is 8.45. The minimum absolute atomic E-state index is 0.0431. The van der Waals surface area contributed by atoms with Crippen LogP contribution in [0.15, 0.2) is 23.3 Å². The van der Waals surface area contributed by atoms with Gasteiger partial charge in [-0.3, -0.25) is 9.59 Å². The average molecular weight is 389 g/mol. The number of carbonyl (C=O) groups excluding carboxylic acids is 2. The Labute approximate surface area is 166 Å². The zero-order chi connectivity index (χ0) is 20.9. The van der Waals surface area contributed by atoms with Gasteiger partial charge in [0.25, 0.3) is 0 Å². The third-order valence-corrected chi connectivity index (χ3v) is 8.45. The van der Waals surface area contributed by atoms with Gasteiger partial charge < -0.3 is 14.9 Å². The molecule has 0 spiro atoms. The quantitative estimate of drug-likeness (QED) is 0.561. The van der Waals surface area contributed by atoms with Crippen LogP contribution in [-0.2, 0) is 14.3 Å². The lowest BCUT2D eigenvalue weighted by atomic mass is 9.60. The minimum Gasteiger partial charge on any atom is -0.458 e. The molecule has 4 aliphatic carbocycles. The normalized spacial score (nSPS) is 48.5. The van der Waals surface area contributed by atoms with Crippen LogP contribution in [0.2, 0.25) is 0 Å². The number of Topliss-reactive ketones (excluding diaryl/α,β-unsaturated/α-hetero) is 1. The number of carbonyl (C=O) groups is 2. The molecule has 7 atom stereocenters. The van der Waals surface area contributed by atoms with E-state index in [1.165, 1.54) is 6.92 Å². The third kappa shape index (κ3) is 2.10. The molecule has 154 valence electrons. The maximum atomic E-state index is 12.9. The van der Waals surface area contributed by atoms with Crippen molar-refractivity contribution >= 4 is 11.8 Å². The highest BCUT2D eigenvalue weighted by molar-refractivity contribution is 6.04. The Hall–Kier alpha value is -1.46. The highest BCUT2D eigenvalue weighted by Crippen LogP contribution is 2.76. The summed E-state index contributed by atoms with van der Waals surface area (Å²) in [5, 5.41) is 23.7. The van der Waals surface area contributed by atoms with Crippen molar-refractivity contribution in [2.45, 2.75) is 77.6 Å². The zero-order valence-corrected chi connectivity index (χ0v) is 17.7. The molecule has 4 aliphatic rings. The Bertz CT molecular complexity index is 823. The van der Waals surface area contributed by atoms with E-state index < -0.39 is 22.7 Å². The Morgan fingerprint density at radius 2 is 1.93 bits per heavy atom. The van der Waals surface area contributed by atoms with E-state index in [1.54, 1.807) is 13.0 Å². The van der Waals surface area contributed by atoms with Crippen molar-refractivity contribution in [3.05, 3.63) is 23.3 Å². The molecule has 5 heteroatoms. The first kappa shape index (κ1) is 19.8. The number of ether oxygens (including phenoxy) is 1. The number of aliphatic hydroxyl groups is 2. The van der Waals surface area contributed by atoms with Crippen molar-refractivity contribution in [1.29, 1.82) is 0 Å². The summed E-state index contributed by atoms with van der Waals surface area (Å²) in [6.07, 6.45) is 5.35. The molecular weight excluding hydrogens is 356 g/mol. The maximum Gasteiger partial charge on any atom is 0.303 e. The van der Waals surface area contributed by atoms with Gasteiger partial charge in [0.05, 0.1) is 5.60 Å². The van der Waals surface area contributed by atoms with Crippen molar-refractivity contribution in [3.63, 3.8) is 0 Å². The van der Waals surface area contributed by atoms with E-state index >= 15 is 0 Å². The van der Waals surface area contributed by atoms with Crippen LogP contribution in [0.1, 0.15) is 60.8 Å². The van der Waals surface area contributed by atoms with Crippen LogP contribution in [0.25, 0.3) is 0 Å². The van der Waals surface area contributed by atoms with E-state index in [0.717, 1.165) is 5.57 Å². The smallest absolute Gasteiger partial charge is 0.303 e. The monoisotopic (exact) mass is 388 g/mol. The lowest BCUT2D eigenvalue weighted by molar-refractivity contribution is -0.186. The minimum atomic E-state index is -1.59. The summed E-state index contributed by atoms with van der Waals surface area (Å²) in [6.45, 7) is 11.3. The van der Waals surface area contributed by atoms with Gasteiger partial charge in [-0.25, -0.2) is 0 Å². The number of esters is 1. The highest BCUT2D eigenvalue weighted by Gasteiger charge is 2.83. The van der Waals surface area contributed by atoms with Gasteiger partial charge in [0.2, 0.25) is 0 Å². The molecule has 0 amide bonds. The predicted molar refractivity (Wildman–Crippen MR) is 104 cm³/mol. The second kappa shape index (κ2) is 5.57. The maximum absolute atomic E-state index is 12.9. The molecule has 0 heterocycles. The standard InChI is InChI=1S/C23H32O5/c1-7-15-9-16-18-20(5,6)22(18,28-14(4)24)10-13(3)23(16,27)17-8-12(2)19(25)21(17,26)11-15/h8-9,13,16-18,26-27H,7,10-11H2,1-6H3/t13-,16+,17-,18-,21-,22+,23-/m1/s1. The van der Waals surface area contributed by atoms with Crippen molar-refractivity contribution in [1.82, 2.24) is 0 Å². The van der Waals surface area contributed by atoms with Crippen molar-refractivity contribution in [3.8, 4) is 0 Å². The first-order valence-electron chi connectivity index (χ1n) is 10.4. The van der Waals surface area contributed by atoms with Gasteiger partial charge >= 0.3 is 5.97 Å². The van der Waals surface area contributed by atoms with Crippen LogP contribution in [0.3, 0.4) is 0 Å². The molecule has 0 unspecified atom stereocenters. The topological polar surface area (TPSA) is 83.8 Å². The van der Waals surface area contributed by atoms with Gasteiger partial charge in [0.1, 0.15) is 11.2 Å². The second-order valence-corrected chi connectivity index (χ2v) is 10.1. The van der Waals surface area contributed by atoms with Gasteiger partial charge in [0.15, 0.2) is 5.78 Å². The Kier molecular flexibility index (Phi) is 3.95. The molecule has 0 aromatic rings. The van der Waals surface area contributed by atoms with E-state index in [2.05, 4.69) is 19.9 Å². The van der Waals surface area contributed by atoms with Gasteiger partial charge in [-0.1, -0.05) is 45.4 Å². The molecule has 0 aromatic carbocycles. The molecule has 0 bridgehead atoms. The molecule has 0 aliphatic heterocycles. The fourth-order valence-electron chi connectivity index (χ4n) is 6.99. The molecule has 0 aromatic heterocycles. The van der Waals surface area contributed by atoms with Crippen LogP contribution in [-0.4, -0.2) is 38.8 Å². The molecule has 4 rings (SSSR count). The van der Waals surface area contributed by atoms with Crippen LogP contribution >= 0.6 is 0 Å². The number of ketones is 1. The summed E-state index contributed by atoms with van der Waals surface area (Å²) in [5.74, 6) is -1.80. The lowest BCUT2D eigenvalue weighted by Crippen LogP contribution is -2.61. The molecule has 2 saturated carbocycles. The summed E-state index contributed by atoms with van der Waals surface area (Å²) >= 11 is 0. The molecule has 2 N–H and O–H groups in total. The van der Waals surface area contributed by atoms with E-state index in [0.29, 0.717) is 18.4 Å². The number of hydrogen-bond acceptors (Lipinski definition) is 5. The summed E-state index contributed by atoms with van der Waals surface area (Å²) in [7, 11) is 0. The molecule has 0 saturated heterocycles. The summed E-state index contributed by atoms with van der Waals surface area (Å²) in [5.41, 5.74) is -2.23. The fraction of sp³-hybridized carbons (Fsp3) is 0.739. The predicted octanol–water partition coefficient (Wildman–Crippen LogP) is 2.95. The number of rotatable bonds is 2. The van der Waals surface area contributed by atoms with Gasteiger partial charge in [-0.05, 0) is 31.3 Å². The first-order valence-corrected chi connectivity index (χ1v) is 10.4. The Morgan fingerprint density at radius 3 is 2.50 bits per heavy atom. The van der Waals surface area contributed by atoms with Gasteiger partial charge in [-0.2, -0.15) is 0 Å². The van der Waals surface area contributed by atoms with E-state index in [-0.39, 0.29) is 41.3 Å². The largest absolute Gasteiger partial charge is 0.458 e.